The van der Waals surface area contributed by atoms with Crippen LogP contribution in [0.25, 0.3) is 0 Å². The molecular formula is C15H23NO. The summed E-state index contributed by atoms with van der Waals surface area (Å²) < 4.78 is 5.40. The minimum absolute atomic E-state index is 0.165. The number of rotatable bonds is 5. The van der Waals surface area contributed by atoms with Gasteiger partial charge in [-0.05, 0) is 36.3 Å². The van der Waals surface area contributed by atoms with Crippen LogP contribution >= 0.6 is 0 Å². The largest absolute Gasteiger partial charge is 0.381 e. The fourth-order valence-corrected chi connectivity index (χ4v) is 2.53. The van der Waals surface area contributed by atoms with Gasteiger partial charge in [0, 0.05) is 19.3 Å². The molecule has 0 amide bonds. The molecule has 1 saturated heterocycles. The Kier molecular flexibility index (Phi) is 4.57. The van der Waals surface area contributed by atoms with Gasteiger partial charge in [0.05, 0.1) is 0 Å². The van der Waals surface area contributed by atoms with Crippen molar-refractivity contribution in [2.45, 2.75) is 38.6 Å². The molecule has 1 aliphatic heterocycles. The molecule has 0 radical (unpaired) electrons. The van der Waals surface area contributed by atoms with Crippen LogP contribution in [0.4, 0.5) is 0 Å². The summed E-state index contributed by atoms with van der Waals surface area (Å²) in [5.41, 5.74) is 8.97. The highest BCUT2D eigenvalue weighted by atomic mass is 16.5. The number of hydrogen-bond acceptors (Lipinski definition) is 2. The summed E-state index contributed by atoms with van der Waals surface area (Å²) >= 11 is 0. The fourth-order valence-electron chi connectivity index (χ4n) is 2.53. The molecule has 2 heteroatoms. The maximum absolute atomic E-state index is 6.28. The highest BCUT2D eigenvalue weighted by Gasteiger charge is 2.19. The van der Waals surface area contributed by atoms with Gasteiger partial charge in [-0.25, -0.2) is 0 Å². The lowest BCUT2D eigenvalue weighted by Gasteiger charge is -2.16. The molecule has 2 N–H and O–H groups in total. The fraction of sp³-hybridized carbons (Fsp3) is 0.600. The molecule has 0 aliphatic carbocycles. The Balaban J connectivity index is 1.97. The van der Waals surface area contributed by atoms with E-state index in [1.807, 2.05) is 0 Å². The lowest BCUT2D eigenvalue weighted by atomic mass is 9.93. The molecule has 0 saturated carbocycles. The van der Waals surface area contributed by atoms with E-state index in [0.29, 0.717) is 5.92 Å². The Hall–Kier alpha value is -0.860. The van der Waals surface area contributed by atoms with Crippen LogP contribution in [0.1, 0.15) is 43.4 Å². The molecule has 17 heavy (non-hydrogen) atoms. The Morgan fingerprint density at radius 2 is 2.35 bits per heavy atom. The van der Waals surface area contributed by atoms with Gasteiger partial charge in [0.1, 0.15) is 0 Å². The van der Waals surface area contributed by atoms with Crippen molar-refractivity contribution in [3.8, 4) is 0 Å². The van der Waals surface area contributed by atoms with Crippen molar-refractivity contribution < 1.29 is 4.74 Å². The first-order valence-corrected chi connectivity index (χ1v) is 6.71. The van der Waals surface area contributed by atoms with Gasteiger partial charge >= 0.3 is 0 Å². The lowest BCUT2D eigenvalue weighted by Crippen LogP contribution is -2.15. The number of benzene rings is 1. The topological polar surface area (TPSA) is 35.2 Å². The van der Waals surface area contributed by atoms with Gasteiger partial charge in [-0.3, -0.25) is 0 Å². The Morgan fingerprint density at radius 1 is 1.47 bits per heavy atom. The molecular weight excluding hydrogens is 210 g/mol. The van der Waals surface area contributed by atoms with E-state index in [9.17, 15) is 0 Å². The van der Waals surface area contributed by atoms with Gasteiger partial charge in [-0.15, -0.1) is 0 Å². The number of nitrogens with two attached hydrogens (primary N) is 1. The molecule has 94 valence electrons. The Labute approximate surface area is 104 Å². The second-order valence-electron chi connectivity index (χ2n) is 5.07. The van der Waals surface area contributed by atoms with Crippen LogP contribution in [0.15, 0.2) is 24.3 Å². The van der Waals surface area contributed by atoms with Gasteiger partial charge in [0.15, 0.2) is 0 Å². The molecule has 2 nitrogen and oxygen atoms in total. The minimum Gasteiger partial charge on any atom is -0.381 e. The highest BCUT2D eigenvalue weighted by molar-refractivity contribution is 5.26. The van der Waals surface area contributed by atoms with Crippen molar-refractivity contribution in [2.75, 3.05) is 13.2 Å². The van der Waals surface area contributed by atoms with Crippen LogP contribution in [0.3, 0.4) is 0 Å². The van der Waals surface area contributed by atoms with E-state index < -0.39 is 0 Å². The molecule has 1 heterocycles. The molecule has 1 aromatic rings. The minimum atomic E-state index is 0.165. The van der Waals surface area contributed by atoms with Crippen molar-refractivity contribution in [2.24, 2.45) is 11.7 Å². The summed E-state index contributed by atoms with van der Waals surface area (Å²) in [7, 11) is 0. The van der Waals surface area contributed by atoms with Crippen LogP contribution < -0.4 is 5.73 Å². The van der Waals surface area contributed by atoms with E-state index in [1.54, 1.807) is 0 Å². The molecule has 0 aromatic heterocycles. The van der Waals surface area contributed by atoms with Crippen molar-refractivity contribution in [3.63, 3.8) is 0 Å². The smallest absolute Gasteiger partial charge is 0.0495 e. The standard InChI is InChI=1S/C15H23NO/c1-2-4-12-5-3-6-14(9-12)15(16)10-13-7-8-17-11-13/h3,5-6,9,13,15H,2,4,7-8,10-11,16H2,1H3. The zero-order chi connectivity index (χ0) is 12.1. The maximum Gasteiger partial charge on any atom is 0.0495 e. The van der Waals surface area contributed by atoms with Crippen LogP contribution in [0.5, 0.6) is 0 Å². The zero-order valence-electron chi connectivity index (χ0n) is 10.7. The molecule has 1 aromatic carbocycles. The molecule has 2 rings (SSSR count). The first-order chi connectivity index (χ1) is 8.29. The second-order valence-corrected chi connectivity index (χ2v) is 5.07. The lowest BCUT2D eigenvalue weighted by molar-refractivity contribution is 0.182. The predicted molar refractivity (Wildman–Crippen MR) is 70.9 cm³/mol. The van der Waals surface area contributed by atoms with E-state index in [2.05, 4.69) is 31.2 Å². The SMILES string of the molecule is CCCc1cccc(C(N)CC2CCOC2)c1. The number of hydrogen-bond donors (Lipinski definition) is 1. The maximum atomic E-state index is 6.28. The summed E-state index contributed by atoms with van der Waals surface area (Å²) in [6, 6.07) is 8.91. The molecule has 0 bridgehead atoms. The monoisotopic (exact) mass is 233 g/mol. The molecule has 2 unspecified atom stereocenters. The van der Waals surface area contributed by atoms with Gasteiger partial charge in [-0.1, -0.05) is 37.6 Å². The van der Waals surface area contributed by atoms with E-state index >= 15 is 0 Å². The van der Waals surface area contributed by atoms with Gasteiger partial charge in [0.25, 0.3) is 0 Å². The van der Waals surface area contributed by atoms with E-state index in [-0.39, 0.29) is 6.04 Å². The summed E-state index contributed by atoms with van der Waals surface area (Å²) in [4.78, 5) is 0. The van der Waals surface area contributed by atoms with Crippen molar-refractivity contribution in [3.05, 3.63) is 35.4 Å². The number of aryl methyl sites for hydroxylation is 1. The molecule has 2 atom stereocenters. The van der Waals surface area contributed by atoms with E-state index in [0.717, 1.165) is 26.1 Å². The van der Waals surface area contributed by atoms with Crippen molar-refractivity contribution in [1.82, 2.24) is 0 Å². The van der Waals surface area contributed by atoms with Crippen LogP contribution in [0.2, 0.25) is 0 Å². The van der Waals surface area contributed by atoms with Crippen LogP contribution in [-0.2, 0) is 11.2 Å². The quantitative estimate of drug-likeness (QED) is 0.848. The first-order valence-electron chi connectivity index (χ1n) is 6.71. The molecule has 1 fully saturated rings. The summed E-state index contributed by atoms with van der Waals surface area (Å²) in [5, 5.41) is 0. The Bertz CT molecular complexity index is 345. The summed E-state index contributed by atoms with van der Waals surface area (Å²) in [5.74, 6) is 0.653. The Morgan fingerprint density at radius 3 is 3.06 bits per heavy atom. The third kappa shape index (κ3) is 3.55. The highest BCUT2D eigenvalue weighted by Crippen LogP contribution is 2.25. The number of ether oxygens (including phenoxy) is 1. The third-order valence-corrected chi connectivity index (χ3v) is 3.53. The summed E-state index contributed by atoms with van der Waals surface area (Å²) in [6.07, 6.45) is 4.56. The average molecular weight is 233 g/mol. The zero-order valence-corrected chi connectivity index (χ0v) is 10.7. The first kappa shape index (κ1) is 12.6. The van der Waals surface area contributed by atoms with Crippen molar-refractivity contribution in [1.29, 1.82) is 0 Å². The normalized spacial score (nSPS) is 21.6. The molecule has 1 aliphatic rings. The van der Waals surface area contributed by atoms with E-state index in [1.165, 1.54) is 24.0 Å². The summed E-state index contributed by atoms with van der Waals surface area (Å²) in [6.45, 7) is 4.01. The van der Waals surface area contributed by atoms with Crippen LogP contribution in [0, 0.1) is 5.92 Å². The van der Waals surface area contributed by atoms with E-state index in [4.69, 9.17) is 10.5 Å². The van der Waals surface area contributed by atoms with Gasteiger partial charge in [-0.2, -0.15) is 0 Å². The van der Waals surface area contributed by atoms with Crippen LogP contribution in [-0.4, -0.2) is 13.2 Å². The van der Waals surface area contributed by atoms with Gasteiger partial charge in [0.2, 0.25) is 0 Å². The molecule has 0 spiro atoms. The average Bonchev–Trinajstić information content (AvgIpc) is 2.83. The third-order valence-electron chi connectivity index (χ3n) is 3.53. The van der Waals surface area contributed by atoms with Crippen molar-refractivity contribution >= 4 is 0 Å². The van der Waals surface area contributed by atoms with Gasteiger partial charge < -0.3 is 10.5 Å². The second kappa shape index (κ2) is 6.18. The predicted octanol–water partition coefficient (Wildman–Crippen LogP) is 3.07.